The molecule has 0 aliphatic heterocycles. The summed E-state index contributed by atoms with van der Waals surface area (Å²) in [6.07, 6.45) is 2.71. The molecule has 8 nitrogen and oxygen atoms in total. The summed E-state index contributed by atoms with van der Waals surface area (Å²) < 4.78 is 14.5. The maximum atomic E-state index is 12.5. The number of benzene rings is 1. The predicted octanol–water partition coefficient (Wildman–Crippen LogP) is 4.04. The second-order valence-corrected chi connectivity index (χ2v) is 8.92. The van der Waals surface area contributed by atoms with Crippen molar-refractivity contribution in [2.24, 2.45) is 5.92 Å². The summed E-state index contributed by atoms with van der Waals surface area (Å²) in [5.41, 5.74) is 2.22. The van der Waals surface area contributed by atoms with Crippen molar-refractivity contribution in [2.45, 2.75) is 26.2 Å². The van der Waals surface area contributed by atoms with Crippen LogP contribution in [0.25, 0.3) is 0 Å². The van der Waals surface area contributed by atoms with E-state index in [0.717, 1.165) is 29.7 Å². The zero-order valence-corrected chi connectivity index (χ0v) is 19.8. The Morgan fingerprint density at radius 1 is 0.969 bits per heavy atom. The number of thiocarbonyl (C=S) groups is 1. The van der Waals surface area contributed by atoms with Gasteiger partial charge in [0.2, 0.25) is 0 Å². The van der Waals surface area contributed by atoms with Crippen LogP contribution in [0.1, 0.15) is 54.9 Å². The largest absolute Gasteiger partial charge is 0.465 e. The quantitative estimate of drug-likeness (QED) is 0.376. The Bertz CT molecular complexity index is 1040. The van der Waals surface area contributed by atoms with E-state index in [1.54, 1.807) is 0 Å². The number of fused-ring (bicyclic) bond motifs is 1. The number of hydrogen-bond donors (Lipinski definition) is 2. The van der Waals surface area contributed by atoms with Crippen LogP contribution in [0.5, 0.6) is 0 Å². The van der Waals surface area contributed by atoms with E-state index < -0.39 is 17.9 Å². The first-order chi connectivity index (χ1) is 15.3. The smallest absolute Gasteiger partial charge is 0.341 e. The molecule has 2 aromatic rings. The normalized spacial score (nSPS) is 14.7. The molecule has 1 unspecified atom stereocenters. The van der Waals surface area contributed by atoms with Gasteiger partial charge in [-0.2, -0.15) is 0 Å². The zero-order chi connectivity index (χ0) is 23.4. The van der Waals surface area contributed by atoms with E-state index in [1.165, 1.54) is 50.9 Å². The third-order valence-electron chi connectivity index (χ3n) is 5.16. The molecule has 0 spiro atoms. The Morgan fingerprint density at radius 3 is 2.12 bits per heavy atom. The van der Waals surface area contributed by atoms with E-state index in [9.17, 15) is 14.4 Å². The lowest BCUT2D eigenvalue weighted by molar-refractivity contribution is 0.0587. The van der Waals surface area contributed by atoms with Crippen molar-refractivity contribution in [1.82, 2.24) is 0 Å². The molecule has 10 heteroatoms. The first kappa shape index (κ1) is 23.7. The summed E-state index contributed by atoms with van der Waals surface area (Å²) in [7, 11) is 3.85. The average molecular weight is 477 g/mol. The molecule has 0 amide bonds. The zero-order valence-electron chi connectivity index (χ0n) is 18.2. The molecule has 3 rings (SSSR count). The summed E-state index contributed by atoms with van der Waals surface area (Å²) in [5, 5.41) is 6.84. The minimum atomic E-state index is -0.606. The van der Waals surface area contributed by atoms with E-state index in [0.29, 0.717) is 22.2 Å². The Balaban J connectivity index is 1.88. The fourth-order valence-electron chi connectivity index (χ4n) is 3.59. The number of esters is 3. The third-order valence-corrected chi connectivity index (χ3v) is 6.54. The molecule has 32 heavy (non-hydrogen) atoms. The van der Waals surface area contributed by atoms with Crippen LogP contribution in [0.4, 0.5) is 10.7 Å². The van der Waals surface area contributed by atoms with E-state index in [1.807, 2.05) is 0 Å². The van der Waals surface area contributed by atoms with Crippen molar-refractivity contribution in [3.8, 4) is 0 Å². The van der Waals surface area contributed by atoms with Gasteiger partial charge < -0.3 is 24.8 Å². The van der Waals surface area contributed by atoms with Crippen LogP contribution < -0.4 is 10.6 Å². The van der Waals surface area contributed by atoms with Crippen LogP contribution in [-0.4, -0.2) is 44.3 Å². The fraction of sp³-hybridized carbons (Fsp3) is 0.364. The molecule has 0 radical (unpaired) electrons. The lowest BCUT2D eigenvalue weighted by Gasteiger charge is -2.18. The van der Waals surface area contributed by atoms with Crippen molar-refractivity contribution < 1.29 is 28.6 Å². The van der Waals surface area contributed by atoms with Crippen LogP contribution in [0.15, 0.2) is 18.2 Å². The van der Waals surface area contributed by atoms with Crippen molar-refractivity contribution >= 4 is 57.3 Å². The Labute approximate surface area is 195 Å². The molecule has 2 N–H and O–H groups in total. The second kappa shape index (κ2) is 10.1. The number of hydrogen-bond acceptors (Lipinski definition) is 8. The second-order valence-electron chi connectivity index (χ2n) is 7.41. The van der Waals surface area contributed by atoms with Gasteiger partial charge in [0.05, 0.1) is 38.0 Å². The molecule has 1 aliphatic carbocycles. The standard InChI is InChI=1S/C22H24N2O6S2/c1-11-5-6-15-16(7-11)32-18(17(15)21(27)30-4)24-22(31)23-14-9-12(19(25)28-2)8-13(10-14)20(26)29-3/h8-11H,5-7H2,1-4H3,(H2,23,24,31). The molecule has 0 bridgehead atoms. The lowest BCUT2D eigenvalue weighted by Crippen LogP contribution is -2.21. The molecule has 1 atom stereocenters. The molecule has 1 aliphatic rings. The molecule has 1 aromatic carbocycles. The summed E-state index contributed by atoms with van der Waals surface area (Å²) >= 11 is 6.92. The fourth-order valence-corrected chi connectivity index (χ4v) is 5.28. The van der Waals surface area contributed by atoms with E-state index in [-0.39, 0.29) is 16.2 Å². The maximum absolute atomic E-state index is 12.5. The highest BCUT2D eigenvalue weighted by Gasteiger charge is 2.28. The van der Waals surface area contributed by atoms with Crippen LogP contribution >= 0.6 is 23.6 Å². The summed E-state index contributed by atoms with van der Waals surface area (Å²) in [6, 6.07) is 4.40. The molecule has 1 heterocycles. The molecule has 1 aromatic heterocycles. The van der Waals surface area contributed by atoms with E-state index in [4.69, 9.17) is 26.4 Å². The van der Waals surface area contributed by atoms with Gasteiger partial charge in [0.25, 0.3) is 0 Å². The number of nitrogens with one attached hydrogen (secondary N) is 2. The summed E-state index contributed by atoms with van der Waals surface area (Å²) in [4.78, 5) is 37.6. The third kappa shape index (κ3) is 5.08. The number of rotatable bonds is 5. The highest BCUT2D eigenvalue weighted by atomic mass is 32.1. The average Bonchev–Trinajstić information content (AvgIpc) is 3.13. The highest BCUT2D eigenvalue weighted by Crippen LogP contribution is 2.40. The van der Waals surface area contributed by atoms with Crippen LogP contribution in [0.3, 0.4) is 0 Å². The van der Waals surface area contributed by atoms with Gasteiger partial charge in [-0.25, -0.2) is 14.4 Å². The number of thiophene rings is 1. The number of ether oxygens (including phenoxy) is 3. The van der Waals surface area contributed by atoms with Crippen LogP contribution in [0.2, 0.25) is 0 Å². The lowest BCUT2D eigenvalue weighted by atomic mass is 9.88. The monoisotopic (exact) mass is 476 g/mol. The molecule has 0 saturated carbocycles. The highest BCUT2D eigenvalue weighted by molar-refractivity contribution is 7.80. The van der Waals surface area contributed by atoms with Gasteiger partial charge >= 0.3 is 17.9 Å². The molecular formula is C22H24N2O6S2. The Kier molecular flexibility index (Phi) is 7.47. The number of methoxy groups -OCH3 is 3. The van der Waals surface area contributed by atoms with E-state index in [2.05, 4.69) is 17.6 Å². The van der Waals surface area contributed by atoms with Crippen molar-refractivity contribution in [2.75, 3.05) is 32.0 Å². The summed E-state index contributed by atoms with van der Waals surface area (Å²) in [5.74, 6) is -1.08. The molecule has 0 fully saturated rings. The first-order valence-electron chi connectivity index (χ1n) is 9.89. The maximum Gasteiger partial charge on any atom is 0.341 e. The molecule has 170 valence electrons. The van der Waals surface area contributed by atoms with Gasteiger partial charge in [-0.3, -0.25) is 0 Å². The first-order valence-corrected chi connectivity index (χ1v) is 11.1. The number of carbonyl (C=O) groups is 3. The van der Waals surface area contributed by atoms with Crippen molar-refractivity contribution in [3.63, 3.8) is 0 Å². The molecule has 0 saturated heterocycles. The van der Waals surface area contributed by atoms with Crippen molar-refractivity contribution in [3.05, 3.63) is 45.3 Å². The number of anilines is 2. The summed E-state index contributed by atoms with van der Waals surface area (Å²) in [6.45, 7) is 2.19. The van der Waals surface area contributed by atoms with E-state index >= 15 is 0 Å². The van der Waals surface area contributed by atoms with Gasteiger partial charge in [-0.05, 0) is 61.2 Å². The van der Waals surface area contributed by atoms with Gasteiger partial charge in [0.15, 0.2) is 5.11 Å². The minimum Gasteiger partial charge on any atom is -0.465 e. The van der Waals surface area contributed by atoms with Crippen LogP contribution in [0, 0.1) is 5.92 Å². The van der Waals surface area contributed by atoms with Gasteiger partial charge in [0.1, 0.15) is 5.00 Å². The Hall–Kier alpha value is -2.98. The van der Waals surface area contributed by atoms with Gasteiger partial charge in [-0.15, -0.1) is 11.3 Å². The van der Waals surface area contributed by atoms with Crippen LogP contribution in [-0.2, 0) is 27.1 Å². The minimum absolute atomic E-state index is 0.163. The SMILES string of the molecule is COC(=O)c1cc(NC(=S)Nc2sc3c(c2C(=O)OC)CCC(C)C3)cc(C(=O)OC)c1. The Morgan fingerprint density at radius 2 is 1.56 bits per heavy atom. The predicted molar refractivity (Wildman–Crippen MR) is 126 cm³/mol. The van der Waals surface area contributed by atoms with Gasteiger partial charge in [0, 0.05) is 10.6 Å². The van der Waals surface area contributed by atoms with Crippen molar-refractivity contribution in [1.29, 1.82) is 0 Å². The van der Waals surface area contributed by atoms with Gasteiger partial charge in [-0.1, -0.05) is 6.92 Å². The topological polar surface area (TPSA) is 103 Å². The number of carbonyl (C=O) groups excluding carboxylic acids is 3. The molecular weight excluding hydrogens is 452 g/mol.